The predicted octanol–water partition coefficient (Wildman–Crippen LogP) is 0.873. The summed E-state index contributed by atoms with van der Waals surface area (Å²) in [7, 11) is 1.81. The third-order valence-corrected chi connectivity index (χ3v) is 2.76. The van der Waals surface area contributed by atoms with Crippen LogP contribution in [0.3, 0.4) is 0 Å². The third-order valence-electron chi connectivity index (χ3n) is 2.76. The Morgan fingerprint density at radius 3 is 2.79 bits per heavy atom. The van der Waals surface area contributed by atoms with Crippen LogP contribution in [0.5, 0.6) is 0 Å². The van der Waals surface area contributed by atoms with Gasteiger partial charge in [-0.05, 0) is 12.8 Å². The molecule has 0 aromatic carbocycles. The molecule has 1 aliphatic rings. The summed E-state index contributed by atoms with van der Waals surface area (Å²) in [6.07, 6.45) is 4.75. The molecule has 1 aliphatic heterocycles. The number of piperidine rings is 1. The van der Waals surface area contributed by atoms with Crippen molar-refractivity contribution in [3.8, 4) is 0 Å². The average Bonchev–Trinajstić information content (AvgIpc) is 2.25. The van der Waals surface area contributed by atoms with Crippen LogP contribution in [-0.2, 0) is 4.74 Å². The van der Waals surface area contributed by atoms with Gasteiger partial charge in [-0.25, -0.2) is 0 Å². The van der Waals surface area contributed by atoms with Crippen LogP contribution in [0.4, 0.5) is 0 Å². The van der Waals surface area contributed by atoms with Gasteiger partial charge in [0.05, 0.1) is 6.10 Å². The van der Waals surface area contributed by atoms with Gasteiger partial charge >= 0.3 is 0 Å². The Balaban J connectivity index is 2.01. The number of ether oxygens (including phenoxy) is 1. The van der Waals surface area contributed by atoms with Gasteiger partial charge in [-0.1, -0.05) is 6.08 Å². The van der Waals surface area contributed by atoms with E-state index >= 15 is 0 Å². The molecule has 0 radical (unpaired) electrons. The van der Waals surface area contributed by atoms with E-state index < -0.39 is 0 Å². The molecule has 0 unspecified atom stereocenters. The summed E-state index contributed by atoms with van der Waals surface area (Å²) in [6, 6.07) is 0. The molecule has 1 rings (SSSR count). The fourth-order valence-corrected chi connectivity index (χ4v) is 1.81. The normalized spacial score (nSPS) is 19.8. The summed E-state index contributed by atoms with van der Waals surface area (Å²) >= 11 is 0. The number of rotatable bonds is 6. The van der Waals surface area contributed by atoms with E-state index in [4.69, 9.17) is 4.74 Å². The minimum absolute atomic E-state index is 0.493. The number of hydrogen-bond donors (Lipinski definition) is 1. The Morgan fingerprint density at radius 1 is 1.50 bits per heavy atom. The van der Waals surface area contributed by atoms with Crippen LogP contribution in [0, 0.1) is 0 Å². The van der Waals surface area contributed by atoms with Crippen molar-refractivity contribution in [2.75, 3.05) is 39.8 Å². The van der Waals surface area contributed by atoms with Crippen molar-refractivity contribution in [2.45, 2.75) is 18.9 Å². The van der Waals surface area contributed by atoms with E-state index in [2.05, 4.69) is 16.8 Å². The quantitative estimate of drug-likeness (QED) is 0.506. The SMILES string of the molecule is C=CCNCCN1CCC(OC)CC1. The Bertz CT molecular complexity index is 153. The number of hydrogen-bond acceptors (Lipinski definition) is 3. The van der Waals surface area contributed by atoms with E-state index in [0.717, 1.165) is 19.6 Å². The minimum Gasteiger partial charge on any atom is -0.381 e. The second kappa shape index (κ2) is 6.98. The van der Waals surface area contributed by atoms with E-state index in [0.29, 0.717) is 6.10 Å². The van der Waals surface area contributed by atoms with Crippen LogP contribution >= 0.6 is 0 Å². The maximum atomic E-state index is 5.33. The third kappa shape index (κ3) is 4.22. The Kier molecular flexibility index (Phi) is 5.83. The summed E-state index contributed by atoms with van der Waals surface area (Å²) < 4.78 is 5.33. The van der Waals surface area contributed by atoms with Gasteiger partial charge < -0.3 is 15.0 Å². The highest BCUT2D eigenvalue weighted by Gasteiger charge is 2.17. The molecule has 0 saturated carbocycles. The number of nitrogens with one attached hydrogen (secondary N) is 1. The van der Waals surface area contributed by atoms with Gasteiger partial charge in [0.25, 0.3) is 0 Å². The monoisotopic (exact) mass is 198 g/mol. The van der Waals surface area contributed by atoms with Crippen molar-refractivity contribution in [1.82, 2.24) is 10.2 Å². The molecule has 1 fully saturated rings. The van der Waals surface area contributed by atoms with Gasteiger partial charge in [-0.15, -0.1) is 6.58 Å². The van der Waals surface area contributed by atoms with E-state index in [-0.39, 0.29) is 0 Å². The summed E-state index contributed by atoms with van der Waals surface area (Å²) in [6.45, 7) is 9.14. The van der Waals surface area contributed by atoms with Crippen LogP contribution < -0.4 is 5.32 Å². The second-order valence-corrected chi connectivity index (χ2v) is 3.77. The Labute approximate surface area is 87.1 Å². The topological polar surface area (TPSA) is 24.5 Å². The van der Waals surface area contributed by atoms with E-state index in [9.17, 15) is 0 Å². The summed E-state index contributed by atoms with van der Waals surface area (Å²) in [5.41, 5.74) is 0. The lowest BCUT2D eigenvalue weighted by Gasteiger charge is -2.31. The molecule has 1 N–H and O–H groups in total. The standard InChI is InChI=1S/C11H22N2O/c1-3-6-12-7-10-13-8-4-11(14-2)5-9-13/h3,11-12H,1,4-10H2,2H3. The molecule has 1 heterocycles. The fourth-order valence-electron chi connectivity index (χ4n) is 1.81. The first-order chi connectivity index (χ1) is 6.86. The van der Waals surface area contributed by atoms with Gasteiger partial charge in [0.1, 0.15) is 0 Å². The van der Waals surface area contributed by atoms with Crippen molar-refractivity contribution >= 4 is 0 Å². The smallest absolute Gasteiger partial charge is 0.0595 e. The fraction of sp³-hybridized carbons (Fsp3) is 0.818. The zero-order valence-electron chi connectivity index (χ0n) is 9.17. The molecule has 3 nitrogen and oxygen atoms in total. The van der Waals surface area contributed by atoms with Crippen LogP contribution in [-0.4, -0.2) is 50.8 Å². The highest BCUT2D eigenvalue weighted by molar-refractivity contribution is 4.74. The van der Waals surface area contributed by atoms with Crippen molar-refractivity contribution < 1.29 is 4.74 Å². The van der Waals surface area contributed by atoms with Crippen molar-refractivity contribution in [1.29, 1.82) is 0 Å². The van der Waals surface area contributed by atoms with Crippen LogP contribution in [0.1, 0.15) is 12.8 Å². The molecule has 0 bridgehead atoms. The second-order valence-electron chi connectivity index (χ2n) is 3.77. The minimum atomic E-state index is 0.493. The van der Waals surface area contributed by atoms with E-state index in [1.54, 1.807) is 0 Å². The van der Waals surface area contributed by atoms with Crippen LogP contribution in [0.25, 0.3) is 0 Å². The predicted molar refractivity (Wildman–Crippen MR) is 59.5 cm³/mol. The lowest BCUT2D eigenvalue weighted by atomic mass is 10.1. The summed E-state index contributed by atoms with van der Waals surface area (Å²) in [5, 5.41) is 3.32. The molecular weight excluding hydrogens is 176 g/mol. The maximum absolute atomic E-state index is 5.33. The molecule has 82 valence electrons. The van der Waals surface area contributed by atoms with Gasteiger partial charge in [0.15, 0.2) is 0 Å². The first-order valence-electron chi connectivity index (χ1n) is 5.43. The lowest BCUT2D eigenvalue weighted by molar-refractivity contribution is 0.0415. The first-order valence-corrected chi connectivity index (χ1v) is 5.43. The molecule has 0 aromatic heterocycles. The average molecular weight is 198 g/mol. The van der Waals surface area contributed by atoms with Gasteiger partial charge in [-0.3, -0.25) is 0 Å². The zero-order chi connectivity index (χ0) is 10.2. The number of methoxy groups -OCH3 is 1. The van der Waals surface area contributed by atoms with Crippen LogP contribution in [0.2, 0.25) is 0 Å². The van der Waals surface area contributed by atoms with Crippen molar-refractivity contribution in [3.63, 3.8) is 0 Å². The van der Waals surface area contributed by atoms with Gasteiger partial charge in [0, 0.05) is 39.8 Å². The molecule has 0 aromatic rings. The zero-order valence-corrected chi connectivity index (χ0v) is 9.17. The molecule has 14 heavy (non-hydrogen) atoms. The highest BCUT2D eigenvalue weighted by atomic mass is 16.5. The summed E-state index contributed by atoms with van der Waals surface area (Å²) in [5.74, 6) is 0. The van der Waals surface area contributed by atoms with Crippen molar-refractivity contribution in [3.05, 3.63) is 12.7 Å². The largest absolute Gasteiger partial charge is 0.381 e. The molecule has 0 spiro atoms. The van der Waals surface area contributed by atoms with Gasteiger partial charge in [0.2, 0.25) is 0 Å². The number of nitrogens with zero attached hydrogens (tertiary/aromatic N) is 1. The summed E-state index contributed by atoms with van der Waals surface area (Å²) in [4.78, 5) is 2.49. The van der Waals surface area contributed by atoms with Crippen LogP contribution in [0.15, 0.2) is 12.7 Å². The molecule has 1 saturated heterocycles. The molecule has 0 atom stereocenters. The molecular formula is C11H22N2O. The molecule has 3 heteroatoms. The van der Waals surface area contributed by atoms with E-state index in [1.165, 1.54) is 25.9 Å². The molecule has 0 amide bonds. The maximum Gasteiger partial charge on any atom is 0.0595 e. The van der Waals surface area contributed by atoms with E-state index in [1.807, 2.05) is 13.2 Å². The number of likely N-dealkylation sites (tertiary alicyclic amines) is 1. The molecule has 0 aliphatic carbocycles. The van der Waals surface area contributed by atoms with Gasteiger partial charge in [-0.2, -0.15) is 0 Å². The Morgan fingerprint density at radius 2 is 2.21 bits per heavy atom. The van der Waals surface area contributed by atoms with Crippen molar-refractivity contribution in [2.24, 2.45) is 0 Å². The first kappa shape index (κ1) is 11.7. The Hall–Kier alpha value is -0.380. The lowest BCUT2D eigenvalue weighted by Crippen LogP contribution is -2.40. The highest BCUT2D eigenvalue weighted by Crippen LogP contribution is 2.11.